The van der Waals surface area contributed by atoms with Crippen LogP contribution < -0.4 is 0 Å². The van der Waals surface area contributed by atoms with E-state index in [1.807, 2.05) is 12.1 Å². The second kappa shape index (κ2) is 4.54. The molecular weight excluding hydrogens is 266 g/mol. The first kappa shape index (κ1) is 11.6. The number of phenols is 1. The van der Waals surface area contributed by atoms with Gasteiger partial charge in [-0.2, -0.15) is 0 Å². The molecule has 16 heavy (non-hydrogen) atoms. The van der Waals surface area contributed by atoms with Gasteiger partial charge in [0, 0.05) is 10.6 Å². The largest absolute Gasteiger partial charge is 0.506 e. The molecule has 2 aromatic carbocycles. The summed E-state index contributed by atoms with van der Waals surface area (Å²) in [7, 11) is 0. The van der Waals surface area contributed by atoms with Gasteiger partial charge < -0.3 is 5.11 Å². The summed E-state index contributed by atoms with van der Waals surface area (Å²) in [5, 5.41) is 10.9. The van der Waals surface area contributed by atoms with Crippen LogP contribution in [0.2, 0.25) is 15.1 Å². The van der Waals surface area contributed by atoms with E-state index in [0.717, 1.165) is 11.1 Å². The molecule has 0 aromatic heterocycles. The average Bonchev–Trinajstić information content (AvgIpc) is 2.25. The molecule has 2 aromatic rings. The Morgan fingerprint density at radius 3 is 2.06 bits per heavy atom. The van der Waals surface area contributed by atoms with Crippen molar-refractivity contribution in [2.24, 2.45) is 0 Å². The summed E-state index contributed by atoms with van der Waals surface area (Å²) in [6, 6.07) is 10.2. The highest BCUT2D eigenvalue weighted by molar-refractivity contribution is 6.37. The van der Waals surface area contributed by atoms with Gasteiger partial charge in [0.25, 0.3) is 0 Å². The van der Waals surface area contributed by atoms with Crippen LogP contribution in [0.15, 0.2) is 36.4 Å². The molecule has 1 N–H and O–H groups in total. The summed E-state index contributed by atoms with van der Waals surface area (Å²) < 4.78 is 0. The van der Waals surface area contributed by atoms with Gasteiger partial charge in [-0.15, -0.1) is 0 Å². The van der Waals surface area contributed by atoms with E-state index in [1.165, 1.54) is 12.1 Å². The van der Waals surface area contributed by atoms with Crippen molar-refractivity contribution < 1.29 is 5.11 Å². The van der Waals surface area contributed by atoms with Crippen molar-refractivity contribution in [3.05, 3.63) is 51.5 Å². The highest BCUT2D eigenvalue weighted by atomic mass is 35.5. The lowest BCUT2D eigenvalue weighted by atomic mass is 10.1. The third-order valence-corrected chi connectivity index (χ3v) is 3.06. The molecule has 0 atom stereocenters. The molecule has 1 nitrogen and oxygen atoms in total. The first-order valence-corrected chi connectivity index (χ1v) is 5.65. The molecule has 0 bridgehead atoms. The number of hydrogen-bond donors (Lipinski definition) is 1. The molecule has 2 rings (SSSR count). The van der Waals surface area contributed by atoms with Crippen molar-refractivity contribution in [3.63, 3.8) is 0 Å². The summed E-state index contributed by atoms with van der Waals surface area (Å²) in [4.78, 5) is 0. The quantitative estimate of drug-likeness (QED) is 0.773. The Labute approximate surface area is 108 Å². The molecular formula is C12H7Cl3O. The maximum atomic E-state index is 9.52. The normalized spacial score (nSPS) is 10.4. The van der Waals surface area contributed by atoms with Crippen molar-refractivity contribution in [1.29, 1.82) is 0 Å². The van der Waals surface area contributed by atoms with Crippen LogP contribution in [-0.4, -0.2) is 5.11 Å². The lowest BCUT2D eigenvalue weighted by molar-refractivity contribution is 0.476. The molecule has 0 spiro atoms. The summed E-state index contributed by atoms with van der Waals surface area (Å²) in [6.07, 6.45) is 0. The van der Waals surface area contributed by atoms with Crippen LogP contribution in [0.5, 0.6) is 5.75 Å². The van der Waals surface area contributed by atoms with Gasteiger partial charge in [0.1, 0.15) is 5.75 Å². The van der Waals surface area contributed by atoms with Gasteiger partial charge in [-0.05, 0) is 29.8 Å². The Bertz CT molecular complexity index is 521. The van der Waals surface area contributed by atoms with Crippen LogP contribution in [0, 0.1) is 0 Å². The van der Waals surface area contributed by atoms with E-state index in [4.69, 9.17) is 34.8 Å². The predicted octanol–water partition coefficient (Wildman–Crippen LogP) is 5.02. The van der Waals surface area contributed by atoms with Gasteiger partial charge in [-0.1, -0.05) is 46.9 Å². The minimum atomic E-state index is 0.0102. The average molecular weight is 274 g/mol. The summed E-state index contributed by atoms with van der Waals surface area (Å²) in [5.74, 6) is 0.0102. The number of benzene rings is 2. The Morgan fingerprint density at radius 2 is 1.44 bits per heavy atom. The molecule has 4 heteroatoms. The second-order valence-corrected chi connectivity index (χ2v) is 4.54. The molecule has 0 unspecified atom stereocenters. The molecule has 0 aliphatic heterocycles. The highest BCUT2D eigenvalue weighted by Crippen LogP contribution is 2.36. The van der Waals surface area contributed by atoms with Gasteiger partial charge >= 0.3 is 0 Å². The molecule has 0 fully saturated rings. The zero-order chi connectivity index (χ0) is 11.7. The maximum absolute atomic E-state index is 9.52. The molecule has 0 heterocycles. The van der Waals surface area contributed by atoms with Crippen molar-refractivity contribution >= 4 is 34.8 Å². The first-order valence-electron chi connectivity index (χ1n) is 4.52. The fourth-order valence-corrected chi connectivity index (χ4v) is 2.01. The smallest absolute Gasteiger partial charge is 0.134 e. The minimum absolute atomic E-state index is 0.0102. The Kier molecular flexibility index (Phi) is 3.29. The SMILES string of the molecule is Oc1cc(-c2ccc(Cl)cc2)c(Cl)cc1Cl. The number of aromatic hydroxyl groups is 1. The molecule has 0 amide bonds. The standard InChI is InChI=1S/C12H7Cl3O/c13-8-3-1-7(2-4-8)9-5-12(16)11(15)6-10(9)14/h1-6,16H. The van der Waals surface area contributed by atoms with Crippen LogP contribution in [0.3, 0.4) is 0 Å². The Morgan fingerprint density at radius 1 is 0.812 bits per heavy atom. The van der Waals surface area contributed by atoms with Gasteiger partial charge in [0.05, 0.1) is 10.0 Å². The van der Waals surface area contributed by atoms with Gasteiger partial charge in [0.2, 0.25) is 0 Å². The van der Waals surface area contributed by atoms with E-state index < -0.39 is 0 Å². The molecule has 0 aliphatic carbocycles. The molecule has 82 valence electrons. The topological polar surface area (TPSA) is 20.2 Å². The zero-order valence-corrected chi connectivity index (χ0v) is 10.3. The summed E-state index contributed by atoms with van der Waals surface area (Å²) >= 11 is 17.6. The van der Waals surface area contributed by atoms with Crippen LogP contribution in [0.1, 0.15) is 0 Å². The lowest BCUT2D eigenvalue weighted by Gasteiger charge is -2.06. The van der Waals surface area contributed by atoms with E-state index in [1.54, 1.807) is 12.1 Å². The minimum Gasteiger partial charge on any atom is -0.506 e. The van der Waals surface area contributed by atoms with Gasteiger partial charge in [0.15, 0.2) is 0 Å². The Balaban J connectivity index is 2.56. The monoisotopic (exact) mass is 272 g/mol. The van der Waals surface area contributed by atoms with Gasteiger partial charge in [-0.3, -0.25) is 0 Å². The molecule has 0 saturated heterocycles. The van der Waals surface area contributed by atoms with Crippen molar-refractivity contribution in [2.75, 3.05) is 0 Å². The van der Waals surface area contributed by atoms with Crippen molar-refractivity contribution in [2.45, 2.75) is 0 Å². The summed E-state index contributed by atoms with van der Waals surface area (Å²) in [5.41, 5.74) is 1.60. The number of rotatable bonds is 1. The van der Waals surface area contributed by atoms with Crippen molar-refractivity contribution in [3.8, 4) is 16.9 Å². The molecule has 0 aliphatic rings. The maximum Gasteiger partial charge on any atom is 0.134 e. The number of phenolic OH excluding ortho intramolecular Hbond substituents is 1. The van der Waals surface area contributed by atoms with Gasteiger partial charge in [-0.25, -0.2) is 0 Å². The zero-order valence-electron chi connectivity index (χ0n) is 8.05. The fourth-order valence-electron chi connectivity index (χ4n) is 1.39. The van der Waals surface area contributed by atoms with E-state index in [0.29, 0.717) is 10.0 Å². The molecule has 0 saturated carbocycles. The fraction of sp³-hybridized carbons (Fsp3) is 0. The van der Waals surface area contributed by atoms with E-state index in [9.17, 15) is 5.11 Å². The van der Waals surface area contributed by atoms with Crippen LogP contribution in [0.25, 0.3) is 11.1 Å². The van der Waals surface area contributed by atoms with Crippen molar-refractivity contribution in [1.82, 2.24) is 0 Å². The Hall–Kier alpha value is -0.890. The number of hydrogen-bond acceptors (Lipinski definition) is 1. The van der Waals surface area contributed by atoms with Crippen LogP contribution >= 0.6 is 34.8 Å². The third kappa shape index (κ3) is 2.27. The summed E-state index contributed by atoms with van der Waals surface area (Å²) in [6.45, 7) is 0. The third-order valence-electron chi connectivity index (χ3n) is 2.19. The number of halogens is 3. The van der Waals surface area contributed by atoms with Crippen LogP contribution in [-0.2, 0) is 0 Å². The predicted molar refractivity (Wildman–Crippen MR) is 68.6 cm³/mol. The molecule has 0 radical (unpaired) electrons. The lowest BCUT2D eigenvalue weighted by Crippen LogP contribution is -1.80. The highest BCUT2D eigenvalue weighted by Gasteiger charge is 2.08. The van der Waals surface area contributed by atoms with E-state index in [-0.39, 0.29) is 10.8 Å². The van der Waals surface area contributed by atoms with Crippen LogP contribution in [0.4, 0.5) is 0 Å². The second-order valence-electron chi connectivity index (χ2n) is 3.29. The van der Waals surface area contributed by atoms with E-state index in [2.05, 4.69) is 0 Å². The first-order chi connectivity index (χ1) is 7.58. The van der Waals surface area contributed by atoms with E-state index >= 15 is 0 Å².